The Hall–Kier alpha value is -3.60. The molecule has 2 fully saturated rings. The fourth-order valence-electron chi connectivity index (χ4n) is 4.95. The van der Waals surface area contributed by atoms with Crippen molar-refractivity contribution >= 4 is 29.6 Å². The zero-order chi connectivity index (χ0) is 24.9. The molecule has 0 saturated carbocycles. The van der Waals surface area contributed by atoms with Gasteiger partial charge in [-0.3, -0.25) is 19.7 Å². The largest absolute Gasteiger partial charge is 0.453 e. The minimum atomic E-state index is -1.22. The average molecular weight is 487 g/mol. The number of nitrogens with one attached hydrogen (secondary N) is 1. The standard InChI is InChI=1S/C24H30N4O7/c1-34-24(32)28-15-18(35-23(31)26-10-5-6-11-26)13-19(21(29)25-33)20(28)22(30)27-12-9-17(14-27)16-7-3-2-4-8-16/h2-4,7-9,18-20,33H,5-6,10-15H2,1H3,(H,25,29)/t18?,19-,20-/m0/s1. The molecule has 2 saturated heterocycles. The number of hydrogen-bond donors (Lipinski definition) is 2. The summed E-state index contributed by atoms with van der Waals surface area (Å²) in [6.45, 7) is 1.69. The molecule has 4 amide bonds. The van der Waals surface area contributed by atoms with Gasteiger partial charge in [0.25, 0.3) is 0 Å². The molecular formula is C24H30N4O7. The van der Waals surface area contributed by atoms with Crippen LogP contribution in [0.5, 0.6) is 0 Å². The average Bonchev–Trinajstić information content (AvgIpc) is 3.60. The highest BCUT2D eigenvalue weighted by Gasteiger charge is 2.49. The van der Waals surface area contributed by atoms with E-state index in [0.29, 0.717) is 26.2 Å². The fraction of sp³-hybridized carbons (Fsp3) is 0.500. The van der Waals surface area contributed by atoms with Gasteiger partial charge in [-0.2, -0.15) is 0 Å². The molecule has 0 aromatic heterocycles. The van der Waals surface area contributed by atoms with Crippen LogP contribution in [0.3, 0.4) is 0 Å². The summed E-state index contributed by atoms with van der Waals surface area (Å²) in [7, 11) is 1.18. The molecular weight excluding hydrogens is 456 g/mol. The van der Waals surface area contributed by atoms with Gasteiger partial charge < -0.3 is 19.3 Å². The number of hydrogen-bond acceptors (Lipinski definition) is 7. The van der Waals surface area contributed by atoms with Crippen LogP contribution in [0.1, 0.15) is 24.8 Å². The Bertz CT molecular complexity index is 967. The summed E-state index contributed by atoms with van der Waals surface area (Å²) >= 11 is 0. The van der Waals surface area contributed by atoms with Gasteiger partial charge in [-0.05, 0) is 24.0 Å². The van der Waals surface area contributed by atoms with Crippen molar-refractivity contribution < 1.29 is 33.9 Å². The van der Waals surface area contributed by atoms with Gasteiger partial charge in [0.15, 0.2) is 0 Å². The van der Waals surface area contributed by atoms with E-state index in [1.165, 1.54) is 7.11 Å². The summed E-state index contributed by atoms with van der Waals surface area (Å²) in [4.78, 5) is 55.8. The Kier molecular flexibility index (Phi) is 7.54. The van der Waals surface area contributed by atoms with Gasteiger partial charge in [0.05, 0.1) is 19.6 Å². The van der Waals surface area contributed by atoms with Crippen LogP contribution in [0.15, 0.2) is 36.4 Å². The number of carbonyl (C=O) groups is 4. The summed E-state index contributed by atoms with van der Waals surface area (Å²) in [5.74, 6) is -2.43. The van der Waals surface area contributed by atoms with Crippen LogP contribution in [-0.2, 0) is 19.1 Å². The number of rotatable bonds is 4. The van der Waals surface area contributed by atoms with Crippen molar-refractivity contribution in [3.05, 3.63) is 42.0 Å². The first-order valence-electron chi connectivity index (χ1n) is 11.7. The Balaban J connectivity index is 1.54. The summed E-state index contributed by atoms with van der Waals surface area (Å²) in [5.41, 5.74) is 3.54. The van der Waals surface area contributed by atoms with Crippen molar-refractivity contribution in [3.63, 3.8) is 0 Å². The van der Waals surface area contributed by atoms with Gasteiger partial charge in [0.1, 0.15) is 12.1 Å². The number of ether oxygens (including phenoxy) is 2. The number of amides is 4. The minimum Gasteiger partial charge on any atom is -0.453 e. The number of nitrogens with zero attached hydrogens (tertiary/aromatic N) is 3. The van der Waals surface area contributed by atoms with E-state index in [4.69, 9.17) is 9.47 Å². The second-order valence-electron chi connectivity index (χ2n) is 8.90. The lowest BCUT2D eigenvalue weighted by Gasteiger charge is -2.42. The summed E-state index contributed by atoms with van der Waals surface area (Å²) in [5, 5.41) is 9.38. The van der Waals surface area contributed by atoms with Gasteiger partial charge in [-0.15, -0.1) is 0 Å². The molecule has 1 aromatic rings. The molecule has 0 aliphatic carbocycles. The number of benzene rings is 1. The zero-order valence-electron chi connectivity index (χ0n) is 19.6. The highest BCUT2D eigenvalue weighted by atomic mass is 16.6. The minimum absolute atomic E-state index is 0.0251. The van der Waals surface area contributed by atoms with Crippen LogP contribution in [0.25, 0.3) is 5.57 Å². The van der Waals surface area contributed by atoms with Crippen molar-refractivity contribution in [3.8, 4) is 0 Å². The number of carbonyl (C=O) groups excluding carboxylic acids is 4. The SMILES string of the molecule is COC(=O)N1CC(OC(=O)N2CCCC2)C[C@H](C(=O)NO)[C@H]1C(=O)N1CC=C(c2ccccc2)C1. The van der Waals surface area contributed by atoms with Crippen LogP contribution in [-0.4, -0.2) is 95.9 Å². The van der Waals surface area contributed by atoms with Crippen LogP contribution in [0.4, 0.5) is 9.59 Å². The summed E-state index contributed by atoms with van der Waals surface area (Å²) in [6, 6.07) is 8.39. The smallest absolute Gasteiger partial charge is 0.410 e. The lowest BCUT2D eigenvalue weighted by Crippen LogP contribution is -2.63. The Morgan fingerprint density at radius 1 is 1.03 bits per heavy atom. The topological polar surface area (TPSA) is 129 Å². The molecule has 11 nitrogen and oxygen atoms in total. The number of methoxy groups -OCH3 is 1. The molecule has 3 aliphatic heterocycles. The van der Waals surface area contributed by atoms with E-state index < -0.39 is 42.1 Å². The Morgan fingerprint density at radius 3 is 2.40 bits per heavy atom. The third-order valence-corrected chi connectivity index (χ3v) is 6.75. The maximum atomic E-state index is 13.6. The van der Waals surface area contributed by atoms with Crippen LogP contribution < -0.4 is 5.48 Å². The highest BCUT2D eigenvalue weighted by Crippen LogP contribution is 2.31. The second-order valence-corrected chi connectivity index (χ2v) is 8.90. The van der Waals surface area contributed by atoms with E-state index in [-0.39, 0.29) is 13.0 Å². The monoisotopic (exact) mass is 486 g/mol. The van der Waals surface area contributed by atoms with Gasteiger partial charge in [-0.25, -0.2) is 15.1 Å². The maximum Gasteiger partial charge on any atom is 0.410 e. The van der Waals surface area contributed by atoms with Gasteiger partial charge in [0, 0.05) is 32.6 Å². The maximum absolute atomic E-state index is 13.6. The van der Waals surface area contributed by atoms with Gasteiger partial charge in [-0.1, -0.05) is 36.4 Å². The Morgan fingerprint density at radius 2 is 1.74 bits per heavy atom. The van der Waals surface area contributed by atoms with E-state index >= 15 is 0 Å². The van der Waals surface area contributed by atoms with E-state index in [1.54, 1.807) is 15.3 Å². The fourth-order valence-corrected chi connectivity index (χ4v) is 4.95. The molecule has 4 rings (SSSR count). The van der Waals surface area contributed by atoms with Gasteiger partial charge >= 0.3 is 12.2 Å². The predicted octanol–water partition coefficient (Wildman–Crippen LogP) is 1.48. The molecule has 188 valence electrons. The van der Waals surface area contributed by atoms with E-state index in [0.717, 1.165) is 28.9 Å². The van der Waals surface area contributed by atoms with Crippen molar-refractivity contribution in [1.82, 2.24) is 20.2 Å². The first kappa shape index (κ1) is 24.5. The third kappa shape index (κ3) is 5.24. The van der Waals surface area contributed by atoms with Gasteiger partial charge in [0.2, 0.25) is 11.8 Å². The molecule has 11 heteroatoms. The van der Waals surface area contributed by atoms with Crippen LogP contribution in [0, 0.1) is 5.92 Å². The van der Waals surface area contributed by atoms with E-state index in [9.17, 15) is 24.4 Å². The molecule has 35 heavy (non-hydrogen) atoms. The quantitative estimate of drug-likeness (QED) is 0.487. The molecule has 3 aliphatic rings. The lowest BCUT2D eigenvalue weighted by molar-refractivity contribution is -0.150. The summed E-state index contributed by atoms with van der Waals surface area (Å²) in [6.07, 6.45) is 1.48. The first-order valence-corrected chi connectivity index (χ1v) is 11.7. The van der Waals surface area contributed by atoms with Crippen molar-refractivity contribution in [2.45, 2.75) is 31.4 Å². The highest BCUT2D eigenvalue weighted by molar-refractivity contribution is 5.94. The molecule has 2 N–H and O–H groups in total. The molecule has 1 aromatic carbocycles. The normalized spacial score (nSPS) is 24.1. The molecule has 3 atom stereocenters. The summed E-state index contributed by atoms with van der Waals surface area (Å²) < 4.78 is 10.5. The van der Waals surface area contributed by atoms with Crippen LogP contribution >= 0.6 is 0 Å². The predicted molar refractivity (Wildman–Crippen MR) is 123 cm³/mol. The Labute approximate surface area is 203 Å². The number of piperidine rings is 1. The van der Waals surface area contributed by atoms with E-state index in [2.05, 4.69) is 0 Å². The molecule has 3 heterocycles. The molecule has 1 unspecified atom stereocenters. The first-order chi connectivity index (χ1) is 16.9. The van der Waals surface area contributed by atoms with Crippen LogP contribution in [0.2, 0.25) is 0 Å². The molecule has 0 spiro atoms. The second kappa shape index (κ2) is 10.8. The third-order valence-electron chi connectivity index (χ3n) is 6.75. The molecule has 0 bridgehead atoms. The molecule has 0 radical (unpaired) electrons. The van der Waals surface area contributed by atoms with Crippen molar-refractivity contribution in [1.29, 1.82) is 0 Å². The zero-order valence-corrected chi connectivity index (χ0v) is 19.6. The lowest BCUT2D eigenvalue weighted by atomic mass is 9.86. The van der Waals surface area contributed by atoms with E-state index in [1.807, 2.05) is 36.4 Å². The van der Waals surface area contributed by atoms with Crippen molar-refractivity contribution in [2.75, 3.05) is 39.8 Å². The van der Waals surface area contributed by atoms with Crippen molar-refractivity contribution in [2.24, 2.45) is 5.92 Å². The number of likely N-dealkylation sites (tertiary alicyclic amines) is 2. The number of hydroxylamine groups is 1.